The molecular weight excluding hydrogens is 416 g/mol. The van der Waals surface area contributed by atoms with Crippen molar-refractivity contribution in [2.24, 2.45) is 0 Å². The van der Waals surface area contributed by atoms with Crippen molar-refractivity contribution in [3.63, 3.8) is 0 Å². The number of carbonyl (C=O) groups excluding carboxylic acids is 1. The molecule has 0 radical (unpaired) electrons. The van der Waals surface area contributed by atoms with E-state index in [4.69, 9.17) is 9.15 Å². The van der Waals surface area contributed by atoms with Crippen LogP contribution in [0.3, 0.4) is 0 Å². The van der Waals surface area contributed by atoms with Crippen molar-refractivity contribution in [1.29, 1.82) is 0 Å². The van der Waals surface area contributed by atoms with Gasteiger partial charge in [0, 0.05) is 18.5 Å². The fraction of sp³-hybridized carbons (Fsp3) is 0.259. The van der Waals surface area contributed by atoms with Crippen molar-refractivity contribution in [3.05, 3.63) is 87.8 Å². The van der Waals surface area contributed by atoms with E-state index in [1.807, 2.05) is 80.5 Å². The lowest BCUT2D eigenvalue weighted by Gasteiger charge is -2.26. The maximum Gasteiger partial charge on any atom is 0.290 e. The monoisotopic (exact) mass is 442 g/mol. The molecule has 2 heterocycles. The van der Waals surface area contributed by atoms with Gasteiger partial charge in [0.15, 0.2) is 5.43 Å². The van der Waals surface area contributed by atoms with Crippen LogP contribution in [0.1, 0.15) is 34.6 Å². The fourth-order valence-corrected chi connectivity index (χ4v) is 4.57. The minimum Gasteiger partial charge on any atom is -0.494 e. The van der Waals surface area contributed by atoms with Crippen LogP contribution in [0.25, 0.3) is 21.7 Å². The molecule has 0 N–H and O–H groups in total. The van der Waals surface area contributed by atoms with Gasteiger partial charge < -0.3 is 19.0 Å². The summed E-state index contributed by atoms with van der Waals surface area (Å²) >= 11 is 0. The molecule has 33 heavy (non-hydrogen) atoms. The van der Waals surface area contributed by atoms with E-state index >= 15 is 0 Å². The molecule has 1 aromatic heterocycles. The van der Waals surface area contributed by atoms with E-state index in [9.17, 15) is 9.59 Å². The Kier molecular flexibility index (Phi) is 5.38. The average molecular weight is 443 g/mol. The zero-order valence-corrected chi connectivity index (χ0v) is 19.0. The Morgan fingerprint density at radius 1 is 1.00 bits per heavy atom. The molecule has 6 heteroatoms. The predicted molar refractivity (Wildman–Crippen MR) is 129 cm³/mol. The molecule has 1 unspecified atom stereocenters. The van der Waals surface area contributed by atoms with Gasteiger partial charge in [-0.2, -0.15) is 0 Å². The van der Waals surface area contributed by atoms with Gasteiger partial charge >= 0.3 is 0 Å². The third-order valence-electron chi connectivity index (χ3n) is 6.13. The number of rotatable bonds is 6. The first kappa shape index (κ1) is 21.2. The second-order valence-electron chi connectivity index (χ2n) is 8.55. The molecule has 0 saturated heterocycles. The largest absolute Gasteiger partial charge is 0.494 e. The Morgan fingerprint density at radius 2 is 1.82 bits per heavy atom. The third-order valence-corrected chi connectivity index (χ3v) is 6.13. The first-order valence-electron chi connectivity index (χ1n) is 11.2. The smallest absolute Gasteiger partial charge is 0.290 e. The number of amides is 1. The Morgan fingerprint density at radius 3 is 2.61 bits per heavy atom. The SMILES string of the molecule is CCOc1cccc(C2c3c(oc4c(ccc5ccccc54)c3=O)C(=O)N2CCN(C)C)c1. The van der Waals surface area contributed by atoms with Crippen molar-refractivity contribution in [2.45, 2.75) is 13.0 Å². The molecule has 1 atom stereocenters. The number of likely N-dealkylation sites (N-methyl/N-ethyl adjacent to an activating group) is 1. The van der Waals surface area contributed by atoms with Crippen molar-refractivity contribution >= 4 is 27.6 Å². The summed E-state index contributed by atoms with van der Waals surface area (Å²) in [7, 11) is 3.92. The van der Waals surface area contributed by atoms with Gasteiger partial charge in [-0.05, 0) is 50.2 Å². The van der Waals surface area contributed by atoms with E-state index in [1.165, 1.54) is 0 Å². The maximum atomic E-state index is 13.8. The highest BCUT2D eigenvalue weighted by Gasteiger charge is 2.42. The molecule has 0 saturated carbocycles. The summed E-state index contributed by atoms with van der Waals surface area (Å²) in [6.45, 7) is 3.59. The molecule has 0 aliphatic carbocycles. The van der Waals surface area contributed by atoms with Crippen molar-refractivity contribution in [3.8, 4) is 5.75 Å². The van der Waals surface area contributed by atoms with E-state index in [0.29, 0.717) is 42.0 Å². The zero-order valence-electron chi connectivity index (χ0n) is 19.0. The van der Waals surface area contributed by atoms with E-state index in [2.05, 4.69) is 0 Å². The van der Waals surface area contributed by atoms with Gasteiger partial charge in [-0.1, -0.05) is 42.5 Å². The summed E-state index contributed by atoms with van der Waals surface area (Å²) in [4.78, 5) is 31.1. The van der Waals surface area contributed by atoms with E-state index in [0.717, 1.165) is 16.3 Å². The van der Waals surface area contributed by atoms with Crippen LogP contribution < -0.4 is 10.2 Å². The summed E-state index contributed by atoms with van der Waals surface area (Å²) < 4.78 is 11.9. The number of fused-ring (bicyclic) bond motifs is 4. The molecule has 5 rings (SSSR count). The number of nitrogens with zero attached hydrogens (tertiary/aromatic N) is 2. The number of carbonyl (C=O) groups is 1. The molecule has 0 fully saturated rings. The van der Waals surface area contributed by atoms with Crippen LogP contribution in [0, 0.1) is 0 Å². The average Bonchev–Trinajstić information content (AvgIpc) is 3.10. The summed E-state index contributed by atoms with van der Waals surface area (Å²) in [6.07, 6.45) is 0. The Bertz CT molecular complexity index is 1420. The third kappa shape index (κ3) is 3.56. The molecule has 4 aromatic rings. The van der Waals surface area contributed by atoms with E-state index in [-0.39, 0.29) is 17.1 Å². The number of benzene rings is 3. The van der Waals surface area contributed by atoms with Crippen LogP contribution in [0.4, 0.5) is 0 Å². The number of ether oxygens (including phenoxy) is 1. The van der Waals surface area contributed by atoms with Crippen molar-refractivity contribution in [1.82, 2.24) is 9.80 Å². The van der Waals surface area contributed by atoms with Gasteiger partial charge in [0.1, 0.15) is 11.3 Å². The minimum absolute atomic E-state index is 0.134. The van der Waals surface area contributed by atoms with Gasteiger partial charge in [0.2, 0.25) is 5.76 Å². The van der Waals surface area contributed by atoms with Crippen molar-refractivity contribution < 1.29 is 13.9 Å². The maximum absolute atomic E-state index is 13.8. The zero-order chi connectivity index (χ0) is 23.1. The quantitative estimate of drug-likeness (QED) is 0.413. The topological polar surface area (TPSA) is 63.0 Å². The number of hydrogen-bond acceptors (Lipinski definition) is 5. The van der Waals surface area contributed by atoms with Gasteiger partial charge in [-0.15, -0.1) is 0 Å². The Hall–Kier alpha value is -3.64. The Balaban J connectivity index is 1.75. The van der Waals surface area contributed by atoms with Crippen LogP contribution in [0.2, 0.25) is 0 Å². The van der Waals surface area contributed by atoms with Gasteiger partial charge in [-0.3, -0.25) is 9.59 Å². The second-order valence-corrected chi connectivity index (χ2v) is 8.55. The van der Waals surface area contributed by atoms with Crippen LogP contribution in [0.15, 0.2) is 69.9 Å². The molecule has 6 nitrogen and oxygen atoms in total. The lowest BCUT2D eigenvalue weighted by atomic mass is 9.97. The van der Waals surface area contributed by atoms with E-state index in [1.54, 1.807) is 11.0 Å². The van der Waals surface area contributed by atoms with Crippen LogP contribution in [-0.2, 0) is 0 Å². The minimum atomic E-state index is -0.528. The first-order chi connectivity index (χ1) is 16.0. The van der Waals surface area contributed by atoms with Crippen LogP contribution >= 0.6 is 0 Å². The standard InChI is InChI=1S/C27H26N2O4/c1-4-32-19-10-7-9-18(16-19)23-22-24(30)21-13-12-17-8-5-6-11-20(17)25(21)33-26(22)27(31)29(23)15-14-28(2)3/h5-13,16,23H,4,14-15H2,1-3H3. The normalized spacial score (nSPS) is 15.6. The highest BCUT2D eigenvalue weighted by atomic mass is 16.5. The number of hydrogen-bond donors (Lipinski definition) is 0. The summed E-state index contributed by atoms with van der Waals surface area (Å²) in [6, 6.07) is 18.5. The molecule has 0 spiro atoms. The molecule has 3 aromatic carbocycles. The molecule has 168 valence electrons. The fourth-order valence-electron chi connectivity index (χ4n) is 4.57. The van der Waals surface area contributed by atoms with Gasteiger partial charge in [0.25, 0.3) is 5.91 Å². The summed E-state index contributed by atoms with van der Waals surface area (Å²) in [5, 5.41) is 2.27. The van der Waals surface area contributed by atoms with E-state index < -0.39 is 6.04 Å². The lowest BCUT2D eigenvalue weighted by Crippen LogP contribution is -2.35. The Labute approximate surface area is 192 Å². The second kappa shape index (κ2) is 8.37. The first-order valence-corrected chi connectivity index (χ1v) is 11.2. The molecular formula is C27H26N2O4. The molecule has 1 aliphatic rings. The van der Waals surface area contributed by atoms with Gasteiger partial charge in [-0.25, -0.2) is 0 Å². The highest BCUT2D eigenvalue weighted by molar-refractivity contribution is 6.06. The van der Waals surface area contributed by atoms with Crippen molar-refractivity contribution in [2.75, 3.05) is 33.8 Å². The van der Waals surface area contributed by atoms with Crippen LogP contribution in [0.5, 0.6) is 5.75 Å². The molecule has 1 aliphatic heterocycles. The predicted octanol–water partition coefficient (Wildman–Crippen LogP) is 4.45. The summed E-state index contributed by atoms with van der Waals surface area (Å²) in [5.41, 5.74) is 1.53. The summed E-state index contributed by atoms with van der Waals surface area (Å²) in [5.74, 6) is 0.583. The lowest BCUT2D eigenvalue weighted by molar-refractivity contribution is 0.0716. The van der Waals surface area contributed by atoms with Gasteiger partial charge in [0.05, 0.1) is 23.6 Å². The molecule has 1 amide bonds. The van der Waals surface area contributed by atoms with Crippen LogP contribution in [-0.4, -0.2) is 49.5 Å². The highest BCUT2D eigenvalue weighted by Crippen LogP contribution is 2.39. The molecule has 0 bridgehead atoms.